The molecule has 0 saturated heterocycles. The molecule has 0 aliphatic heterocycles. The highest BCUT2D eigenvalue weighted by Crippen LogP contribution is 2.05. The number of hydrogen-bond donors (Lipinski definition) is 2. The van der Waals surface area contributed by atoms with Crippen molar-refractivity contribution in [3.05, 3.63) is 23.9 Å². The van der Waals surface area contributed by atoms with Crippen LogP contribution in [0.15, 0.2) is 23.5 Å². The summed E-state index contributed by atoms with van der Waals surface area (Å²) in [5, 5.41) is 11.0. The Morgan fingerprint density at radius 2 is 2.55 bits per heavy atom. The van der Waals surface area contributed by atoms with E-state index < -0.39 is 0 Å². The van der Waals surface area contributed by atoms with Crippen LogP contribution < -0.4 is 5.73 Å². The van der Waals surface area contributed by atoms with E-state index in [4.69, 9.17) is 10.9 Å². The molecule has 1 heterocycles. The Morgan fingerprint density at radius 1 is 1.73 bits per heavy atom. The zero-order chi connectivity index (χ0) is 8.10. The van der Waals surface area contributed by atoms with Crippen LogP contribution in [0.5, 0.6) is 0 Å². The van der Waals surface area contributed by atoms with E-state index in [1.54, 1.807) is 12.3 Å². The van der Waals surface area contributed by atoms with E-state index in [2.05, 4.69) is 10.1 Å². The largest absolute Gasteiger partial charge is 0.411 e. The molecule has 0 aliphatic rings. The van der Waals surface area contributed by atoms with Crippen LogP contribution in [0, 0.1) is 0 Å². The molecule has 4 heteroatoms. The molecule has 0 aromatic carbocycles. The molecule has 0 aliphatic carbocycles. The van der Waals surface area contributed by atoms with Gasteiger partial charge in [0.15, 0.2) is 0 Å². The van der Waals surface area contributed by atoms with Gasteiger partial charge in [0.25, 0.3) is 0 Å². The van der Waals surface area contributed by atoms with Crippen LogP contribution >= 0.6 is 0 Å². The third-order valence-electron chi connectivity index (χ3n) is 1.32. The van der Waals surface area contributed by atoms with Crippen molar-refractivity contribution in [3.63, 3.8) is 0 Å². The topological polar surface area (TPSA) is 71.5 Å². The lowest BCUT2D eigenvalue weighted by Gasteiger charge is -1.97. The standard InChI is InChI=1S/C7H9N3O/c8-7-6(3-5-10-11)2-1-4-9-7/h1-2,4-5,11H,3H2,(H2,8,9). The zero-order valence-corrected chi connectivity index (χ0v) is 5.94. The molecule has 1 aromatic heterocycles. The van der Waals surface area contributed by atoms with Crippen molar-refractivity contribution in [2.24, 2.45) is 5.16 Å². The monoisotopic (exact) mass is 151 g/mol. The highest BCUT2D eigenvalue weighted by atomic mass is 16.4. The van der Waals surface area contributed by atoms with E-state index in [0.717, 1.165) is 5.56 Å². The number of nitrogen functional groups attached to an aromatic ring is 1. The Morgan fingerprint density at radius 3 is 3.18 bits per heavy atom. The molecule has 58 valence electrons. The summed E-state index contributed by atoms with van der Waals surface area (Å²) in [7, 11) is 0. The normalized spacial score (nSPS) is 10.5. The summed E-state index contributed by atoms with van der Waals surface area (Å²) < 4.78 is 0. The molecule has 3 N–H and O–H groups in total. The number of hydrogen-bond acceptors (Lipinski definition) is 4. The lowest BCUT2D eigenvalue weighted by Crippen LogP contribution is -1.97. The summed E-state index contributed by atoms with van der Waals surface area (Å²) in [6.45, 7) is 0. The smallest absolute Gasteiger partial charge is 0.126 e. The summed E-state index contributed by atoms with van der Waals surface area (Å²) in [6.07, 6.45) is 3.50. The fraction of sp³-hybridized carbons (Fsp3) is 0.143. The average molecular weight is 151 g/mol. The molecular weight excluding hydrogens is 142 g/mol. The fourth-order valence-electron chi connectivity index (χ4n) is 0.763. The van der Waals surface area contributed by atoms with E-state index in [1.165, 1.54) is 6.21 Å². The molecule has 0 bridgehead atoms. The third kappa shape index (κ3) is 1.93. The lowest BCUT2D eigenvalue weighted by atomic mass is 10.2. The maximum absolute atomic E-state index is 8.13. The van der Waals surface area contributed by atoms with Crippen molar-refractivity contribution < 1.29 is 5.21 Å². The van der Waals surface area contributed by atoms with Crippen molar-refractivity contribution >= 4 is 12.0 Å². The van der Waals surface area contributed by atoms with E-state index in [1.807, 2.05) is 6.07 Å². The summed E-state index contributed by atoms with van der Waals surface area (Å²) in [6, 6.07) is 3.63. The molecule has 0 radical (unpaired) electrons. The number of aromatic nitrogens is 1. The minimum Gasteiger partial charge on any atom is -0.411 e. The summed E-state index contributed by atoms with van der Waals surface area (Å²) in [5.74, 6) is 0.479. The van der Waals surface area contributed by atoms with Crippen molar-refractivity contribution in [2.45, 2.75) is 6.42 Å². The van der Waals surface area contributed by atoms with Crippen LogP contribution in [-0.4, -0.2) is 16.4 Å². The molecule has 11 heavy (non-hydrogen) atoms. The molecule has 0 fully saturated rings. The van der Waals surface area contributed by atoms with Gasteiger partial charge in [-0.1, -0.05) is 6.07 Å². The van der Waals surface area contributed by atoms with Gasteiger partial charge in [0.1, 0.15) is 5.82 Å². The van der Waals surface area contributed by atoms with Gasteiger partial charge in [-0.05, 0) is 11.6 Å². The number of nitrogens with zero attached hydrogens (tertiary/aromatic N) is 2. The van der Waals surface area contributed by atoms with Gasteiger partial charge in [-0.3, -0.25) is 0 Å². The Bertz CT molecular complexity index is 260. The number of nitrogens with two attached hydrogens (primary N) is 1. The fourth-order valence-corrected chi connectivity index (χ4v) is 0.763. The Hall–Kier alpha value is -1.58. The Kier molecular flexibility index (Phi) is 2.43. The first-order valence-corrected chi connectivity index (χ1v) is 3.20. The lowest BCUT2D eigenvalue weighted by molar-refractivity contribution is 0.321. The second kappa shape index (κ2) is 3.55. The highest BCUT2D eigenvalue weighted by molar-refractivity contribution is 5.63. The highest BCUT2D eigenvalue weighted by Gasteiger charge is 1.94. The van der Waals surface area contributed by atoms with Gasteiger partial charge in [0.2, 0.25) is 0 Å². The summed E-state index contributed by atoms with van der Waals surface area (Å²) >= 11 is 0. The second-order valence-corrected chi connectivity index (χ2v) is 2.05. The van der Waals surface area contributed by atoms with Gasteiger partial charge < -0.3 is 10.9 Å². The molecule has 4 nitrogen and oxygen atoms in total. The van der Waals surface area contributed by atoms with Crippen LogP contribution in [0.25, 0.3) is 0 Å². The molecule has 0 saturated carbocycles. The average Bonchev–Trinajstić information content (AvgIpc) is 2.03. The SMILES string of the molecule is Nc1ncccc1CC=NO. The second-order valence-electron chi connectivity index (χ2n) is 2.05. The quantitative estimate of drug-likeness (QED) is 0.370. The Balaban J connectivity index is 2.77. The van der Waals surface area contributed by atoms with Crippen molar-refractivity contribution in [2.75, 3.05) is 5.73 Å². The number of oxime groups is 1. The molecule has 1 rings (SSSR count). The summed E-state index contributed by atoms with van der Waals surface area (Å²) in [5.41, 5.74) is 6.37. The van der Waals surface area contributed by atoms with Crippen LogP contribution in [0.4, 0.5) is 5.82 Å². The minimum absolute atomic E-state index is 0.479. The first-order chi connectivity index (χ1) is 5.34. The molecule has 0 atom stereocenters. The summed E-state index contributed by atoms with van der Waals surface area (Å²) in [4.78, 5) is 3.87. The van der Waals surface area contributed by atoms with Gasteiger partial charge in [-0.25, -0.2) is 4.98 Å². The van der Waals surface area contributed by atoms with Crippen molar-refractivity contribution in [1.29, 1.82) is 0 Å². The van der Waals surface area contributed by atoms with Crippen LogP contribution in [-0.2, 0) is 6.42 Å². The van der Waals surface area contributed by atoms with E-state index in [9.17, 15) is 0 Å². The maximum Gasteiger partial charge on any atom is 0.126 e. The maximum atomic E-state index is 8.13. The molecular formula is C7H9N3O. The molecule has 0 amide bonds. The molecule has 1 aromatic rings. The Labute approximate surface area is 64.4 Å². The molecule has 0 unspecified atom stereocenters. The van der Waals surface area contributed by atoms with Gasteiger partial charge in [0.05, 0.1) is 0 Å². The first-order valence-electron chi connectivity index (χ1n) is 3.20. The van der Waals surface area contributed by atoms with Crippen LogP contribution in [0.3, 0.4) is 0 Å². The zero-order valence-electron chi connectivity index (χ0n) is 5.94. The van der Waals surface area contributed by atoms with Gasteiger partial charge in [0, 0.05) is 18.8 Å². The van der Waals surface area contributed by atoms with Gasteiger partial charge in [-0.15, -0.1) is 5.16 Å². The van der Waals surface area contributed by atoms with Gasteiger partial charge in [-0.2, -0.15) is 0 Å². The predicted molar refractivity (Wildman–Crippen MR) is 42.6 cm³/mol. The molecule has 0 spiro atoms. The minimum atomic E-state index is 0.479. The number of pyridine rings is 1. The third-order valence-corrected chi connectivity index (χ3v) is 1.32. The van der Waals surface area contributed by atoms with E-state index in [0.29, 0.717) is 12.2 Å². The van der Waals surface area contributed by atoms with Crippen LogP contribution in [0.1, 0.15) is 5.56 Å². The van der Waals surface area contributed by atoms with E-state index >= 15 is 0 Å². The van der Waals surface area contributed by atoms with E-state index in [-0.39, 0.29) is 0 Å². The predicted octanol–water partition coefficient (Wildman–Crippen LogP) is 0.666. The number of rotatable bonds is 2. The van der Waals surface area contributed by atoms with Crippen LogP contribution in [0.2, 0.25) is 0 Å². The number of anilines is 1. The van der Waals surface area contributed by atoms with Gasteiger partial charge >= 0.3 is 0 Å². The van der Waals surface area contributed by atoms with Crippen molar-refractivity contribution in [1.82, 2.24) is 4.98 Å². The van der Waals surface area contributed by atoms with Crippen molar-refractivity contribution in [3.8, 4) is 0 Å². The first kappa shape index (κ1) is 7.53.